The van der Waals surface area contributed by atoms with Crippen molar-refractivity contribution >= 4 is 34.1 Å². The van der Waals surface area contributed by atoms with E-state index in [4.69, 9.17) is 9.72 Å². The fourth-order valence-electron chi connectivity index (χ4n) is 6.32. The van der Waals surface area contributed by atoms with Gasteiger partial charge in [0, 0.05) is 60.7 Å². The van der Waals surface area contributed by atoms with Gasteiger partial charge in [0.05, 0.1) is 11.4 Å². The number of benzene rings is 2. The number of nitrogens with zero attached hydrogens (tertiary/aromatic N) is 5. The van der Waals surface area contributed by atoms with Crippen LogP contribution in [0.15, 0.2) is 73.6 Å². The second kappa shape index (κ2) is 15.9. The zero-order valence-electron chi connectivity index (χ0n) is 27.8. The van der Waals surface area contributed by atoms with Gasteiger partial charge in [-0.05, 0) is 76.3 Å². The van der Waals surface area contributed by atoms with E-state index in [0.717, 1.165) is 47.6 Å². The summed E-state index contributed by atoms with van der Waals surface area (Å²) in [6.07, 6.45) is 14.2. The summed E-state index contributed by atoms with van der Waals surface area (Å²) in [5, 5.41) is 7.39. The van der Waals surface area contributed by atoms with E-state index in [1.54, 1.807) is 6.20 Å². The Morgan fingerprint density at radius 3 is 2.70 bits per heavy atom. The number of carbonyl (C=O) groups is 1. The number of rotatable bonds is 15. The summed E-state index contributed by atoms with van der Waals surface area (Å²) >= 11 is 0. The van der Waals surface area contributed by atoms with Gasteiger partial charge in [0.1, 0.15) is 12.4 Å². The predicted molar refractivity (Wildman–Crippen MR) is 189 cm³/mol. The molecule has 4 aromatic rings. The first kappa shape index (κ1) is 33.2. The van der Waals surface area contributed by atoms with Crippen molar-refractivity contribution in [3.05, 3.63) is 73.6 Å². The monoisotopic (exact) mass is 623 g/mol. The van der Waals surface area contributed by atoms with Crippen LogP contribution in [0.25, 0.3) is 22.2 Å². The normalized spacial score (nSPS) is 14.5. The molecule has 1 atom stereocenters. The second-order valence-electron chi connectivity index (χ2n) is 12.8. The van der Waals surface area contributed by atoms with E-state index in [1.807, 2.05) is 43.4 Å². The van der Waals surface area contributed by atoms with E-state index < -0.39 is 0 Å². The van der Waals surface area contributed by atoms with Crippen LogP contribution in [0.4, 0.5) is 17.3 Å². The molecule has 2 N–H and O–H groups in total. The number of carbonyl (C=O) groups excluding carboxylic acids is 1. The lowest BCUT2D eigenvalue weighted by Gasteiger charge is -2.31. The van der Waals surface area contributed by atoms with Gasteiger partial charge in [-0.1, -0.05) is 56.9 Å². The molecule has 2 aromatic heterocycles. The predicted octanol–water partition coefficient (Wildman–Crippen LogP) is 7.10. The van der Waals surface area contributed by atoms with Gasteiger partial charge in [0.2, 0.25) is 11.9 Å². The number of fused-ring (bicyclic) bond motifs is 1. The number of anilines is 3. The van der Waals surface area contributed by atoms with E-state index in [-0.39, 0.29) is 11.9 Å². The first-order valence-corrected chi connectivity index (χ1v) is 16.5. The molecular weight excluding hydrogens is 574 g/mol. The Hall–Kier alpha value is -4.21. The van der Waals surface area contributed by atoms with Gasteiger partial charge in [0.25, 0.3) is 0 Å². The summed E-state index contributed by atoms with van der Waals surface area (Å²) in [5.74, 6) is 1.66. The second-order valence-corrected chi connectivity index (χ2v) is 12.8. The SMILES string of the molecule is C=CC(=O)Nc1ccc(OCC(CCC2CCCCC2)N(C)CCN(C)C)c(Nc2nccc(-c3cn(C)c4ccccc34)n2)c1. The molecule has 0 radical (unpaired) electrons. The molecule has 1 saturated carbocycles. The fraction of sp³-hybridized carbons (Fsp3) is 0.432. The largest absolute Gasteiger partial charge is 0.490 e. The van der Waals surface area contributed by atoms with E-state index >= 15 is 0 Å². The van der Waals surface area contributed by atoms with Gasteiger partial charge in [-0.25, -0.2) is 9.97 Å². The molecule has 1 amide bonds. The number of ether oxygens (including phenoxy) is 1. The third-order valence-corrected chi connectivity index (χ3v) is 9.09. The molecule has 244 valence electrons. The highest BCUT2D eigenvalue weighted by Gasteiger charge is 2.21. The van der Waals surface area contributed by atoms with E-state index in [9.17, 15) is 4.79 Å². The number of hydrogen-bond acceptors (Lipinski definition) is 7. The molecule has 46 heavy (non-hydrogen) atoms. The maximum atomic E-state index is 12.1. The van der Waals surface area contributed by atoms with Crippen LogP contribution in [0.1, 0.15) is 44.9 Å². The molecule has 1 unspecified atom stereocenters. The molecule has 0 bridgehead atoms. The molecule has 2 heterocycles. The standard InChI is InChI=1S/C37H49N7O2/c1-6-36(45)39-28-17-19-35(46-26-29(43(4)23-22-42(2)3)18-16-27-12-8-7-9-13-27)33(24-28)41-37-38-21-20-32(40-37)31-25-44(5)34-15-11-10-14-30(31)34/h6,10-11,14-15,17,19-21,24-25,27,29H,1,7-9,12-13,16,18,22-23,26H2,2-5H3,(H,39,45)(H,38,40,41). The molecule has 9 nitrogen and oxygen atoms in total. The summed E-state index contributed by atoms with van der Waals surface area (Å²) < 4.78 is 8.70. The van der Waals surface area contributed by atoms with Gasteiger partial charge >= 0.3 is 0 Å². The summed E-state index contributed by atoms with van der Waals surface area (Å²) in [7, 11) is 8.48. The molecule has 1 fully saturated rings. The lowest BCUT2D eigenvalue weighted by Crippen LogP contribution is -2.40. The highest BCUT2D eigenvalue weighted by molar-refractivity contribution is 5.99. The molecule has 1 aliphatic carbocycles. The third kappa shape index (κ3) is 8.73. The highest BCUT2D eigenvalue weighted by Crippen LogP contribution is 2.33. The van der Waals surface area contributed by atoms with Gasteiger partial charge in [-0.2, -0.15) is 0 Å². The summed E-state index contributed by atoms with van der Waals surface area (Å²) in [5.41, 5.74) is 4.30. The fourth-order valence-corrected chi connectivity index (χ4v) is 6.32. The van der Waals surface area contributed by atoms with Crippen LogP contribution in [0.2, 0.25) is 0 Å². The van der Waals surface area contributed by atoms with Gasteiger partial charge in [-0.15, -0.1) is 0 Å². The van der Waals surface area contributed by atoms with Crippen LogP contribution in [0.3, 0.4) is 0 Å². The van der Waals surface area contributed by atoms with Crippen molar-refractivity contribution in [2.45, 2.75) is 51.0 Å². The maximum absolute atomic E-state index is 12.1. The highest BCUT2D eigenvalue weighted by atomic mass is 16.5. The lowest BCUT2D eigenvalue weighted by atomic mass is 9.85. The van der Waals surface area contributed by atoms with Crippen molar-refractivity contribution < 1.29 is 9.53 Å². The zero-order chi connectivity index (χ0) is 32.5. The number of likely N-dealkylation sites (N-methyl/N-ethyl adjacent to an activating group) is 2. The number of nitrogens with one attached hydrogen (secondary N) is 2. The Morgan fingerprint density at radius 1 is 1.11 bits per heavy atom. The minimum Gasteiger partial charge on any atom is -0.490 e. The van der Waals surface area contributed by atoms with E-state index in [1.165, 1.54) is 44.6 Å². The van der Waals surface area contributed by atoms with Gasteiger partial charge in [0.15, 0.2) is 0 Å². The summed E-state index contributed by atoms with van der Waals surface area (Å²) in [6, 6.07) is 16.1. The van der Waals surface area contributed by atoms with Crippen molar-refractivity contribution in [3.63, 3.8) is 0 Å². The number of aromatic nitrogens is 3. The number of amides is 1. The Bertz CT molecular complexity index is 1610. The Balaban J connectivity index is 1.38. The number of para-hydroxylation sites is 1. The first-order valence-electron chi connectivity index (χ1n) is 16.5. The quantitative estimate of drug-likeness (QED) is 0.137. The van der Waals surface area contributed by atoms with Crippen molar-refractivity contribution in [2.24, 2.45) is 13.0 Å². The average Bonchev–Trinajstić information content (AvgIpc) is 3.41. The van der Waals surface area contributed by atoms with E-state index in [0.29, 0.717) is 29.7 Å². The molecule has 0 aliphatic heterocycles. The van der Waals surface area contributed by atoms with Crippen molar-refractivity contribution in [2.75, 3.05) is 51.5 Å². The molecule has 1 aliphatic rings. The molecule has 5 rings (SSSR count). The molecule has 2 aromatic carbocycles. The first-order chi connectivity index (χ1) is 22.3. The summed E-state index contributed by atoms with van der Waals surface area (Å²) in [6.45, 7) is 6.10. The molecular formula is C37H49N7O2. The van der Waals surface area contributed by atoms with Crippen LogP contribution < -0.4 is 15.4 Å². The van der Waals surface area contributed by atoms with Crippen LogP contribution in [0, 0.1) is 5.92 Å². The average molecular weight is 624 g/mol. The van der Waals surface area contributed by atoms with Crippen LogP contribution in [-0.4, -0.2) is 77.1 Å². The molecule has 0 saturated heterocycles. The van der Waals surface area contributed by atoms with E-state index in [2.05, 4.69) is 76.0 Å². The lowest BCUT2D eigenvalue weighted by molar-refractivity contribution is -0.111. The molecule has 9 heteroatoms. The van der Waals surface area contributed by atoms with Crippen molar-refractivity contribution in [3.8, 4) is 17.0 Å². The zero-order valence-corrected chi connectivity index (χ0v) is 27.8. The van der Waals surface area contributed by atoms with Gasteiger partial charge in [-0.3, -0.25) is 9.69 Å². The molecule has 0 spiro atoms. The van der Waals surface area contributed by atoms with Crippen LogP contribution in [0.5, 0.6) is 5.75 Å². The Labute approximate surface area is 273 Å². The summed E-state index contributed by atoms with van der Waals surface area (Å²) in [4.78, 5) is 26.2. The Morgan fingerprint density at radius 2 is 1.91 bits per heavy atom. The van der Waals surface area contributed by atoms with Gasteiger partial charge < -0.3 is 24.8 Å². The number of aryl methyl sites for hydroxylation is 1. The third-order valence-electron chi connectivity index (χ3n) is 9.09. The smallest absolute Gasteiger partial charge is 0.247 e. The number of hydrogen-bond donors (Lipinski definition) is 2. The van der Waals surface area contributed by atoms with Crippen molar-refractivity contribution in [1.82, 2.24) is 24.3 Å². The minimum atomic E-state index is -0.279. The maximum Gasteiger partial charge on any atom is 0.247 e. The minimum absolute atomic E-state index is 0.279. The Kier molecular flexibility index (Phi) is 11.4. The van der Waals surface area contributed by atoms with Crippen LogP contribution in [-0.2, 0) is 11.8 Å². The van der Waals surface area contributed by atoms with Crippen LogP contribution >= 0.6 is 0 Å². The topological polar surface area (TPSA) is 87.5 Å². The van der Waals surface area contributed by atoms with Crippen molar-refractivity contribution in [1.29, 1.82) is 0 Å².